The van der Waals surface area contributed by atoms with Gasteiger partial charge in [-0.2, -0.15) is 13.2 Å². The summed E-state index contributed by atoms with van der Waals surface area (Å²) >= 11 is 6.01. The lowest BCUT2D eigenvalue weighted by Gasteiger charge is -2.17. The average molecular weight is 426 g/mol. The van der Waals surface area contributed by atoms with Crippen LogP contribution in [0.5, 0.6) is 5.88 Å². The van der Waals surface area contributed by atoms with E-state index in [0.717, 1.165) is 5.39 Å². The summed E-state index contributed by atoms with van der Waals surface area (Å²) < 4.78 is 42.5. The Morgan fingerprint density at radius 3 is 2.83 bits per heavy atom. The molecule has 3 aromatic heterocycles. The monoisotopic (exact) mass is 425 g/mol. The first kappa shape index (κ1) is 19.4. The first-order valence-corrected chi connectivity index (χ1v) is 9.13. The molecule has 1 amide bonds. The van der Waals surface area contributed by atoms with E-state index in [4.69, 9.17) is 16.3 Å². The van der Waals surface area contributed by atoms with E-state index in [9.17, 15) is 18.0 Å². The highest BCUT2D eigenvalue weighted by atomic mass is 35.5. The van der Waals surface area contributed by atoms with Crippen molar-refractivity contribution in [2.75, 3.05) is 6.54 Å². The zero-order valence-electron chi connectivity index (χ0n) is 14.9. The van der Waals surface area contributed by atoms with E-state index < -0.39 is 30.7 Å². The lowest BCUT2D eigenvalue weighted by Crippen LogP contribution is -2.41. The highest BCUT2D eigenvalue weighted by Crippen LogP contribution is 2.40. The molecule has 0 spiro atoms. The molecular formula is C18H15ClF3N5O2. The van der Waals surface area contributed by atoms with Gasteiger partial charge >= 0.3 is 6.18 Å². The Bertz CT molecular complexity index is 1070. The summed E-state index contributed by atoms with van der Waals surface area (Å²) in [6, 6.07) is 1.74. The van der Waals surface area contributed by atoms with Crippen LogP contribution in [0, 0.1) is 0 Å². The largest absolute Gasteiger partial charge is 0.460 e. The van der Waals surface area contributed by atoms with Gasteiger partial charge in [-0.3, -0.25) is 9.78 Å². The highest BCUT2D eigenvalue weighted by Gasteiger charge is 2.53. The molecule has 2 N–H and O–H groups in total. The molecule has 11 heteroatoms. The number of H-pyrrole nitrogens is 1. The van der Waals surface area contributed by atoms with E-state index in [2.05, 4.69) is 25.3 Å². The number of aromatic nitrogens is 4. The number of alkyl halides is 3. The van der Waals surface area contributed by atoms with Crippen LogP contribution in [0.3, 0.4) is 0 Å². The van der Waals surface area contributed by atoms with Gasteiger partial charge < -0.3 is 15.0 Å². The molecule has 3 heterocycles. The number of amides is 1. The van der Waals surface area contributed by atoms with E-state index in [1.165, 1.54) is 18.6 Å². The average Bonchev–Trinajstić information content (AvgIpc) is 3.32. The standard InChI is InChI=1S/C18H15ClF3N5O2/c19-10-5-11-12(7-26-15(11)25-6-10)13-8-23-9-14(27-13)29-17(1-2-17)16(28)24-4-3-18(20,21)22/h5-9H,1-4H2,(H,24,28)(H,25,26). The molecule has 3 aromatic rings. The maximum atomic E-state index is 12.3. The van der Waals surface area contributed by atoms with Crippen molar-refractivity contribution in [2.45, 2.75) is 31.0 Å². The first-order valence-electron chi connectivity index (χ1n) is 8.75. The van der Waals surface area contributed by atoms with Gasteiger partial charge in [0.2, 0.25) is 5.88 Å². The Morgan fingerprint density at radius 2 is 2.10 bits per heavy atom. The van der Waals surface area contributed by atoms with Gasteiger partial charge in [0.1, 0.15) is 5.65 Å². The minimum absolute atomic E-state index is 0.107. The predicted molar refractivity (Wildman–Crippen MR) is 98.4 cm³/mol. The van der Waals surface area contributed by atoms with Crippen LogP contribution in [-0.4, -0.2) is 44.2 Å². The summed E-state index contributed by atoms with van der Waals surface area (Å²) in [5.74, 6) is -0.479. The Morgan fingerprint density at radius 1 is 1.31 bits per heavy atom. The molecule has 0 saturated heterocycles. The lowest BCUT2D eigenvalue weighted by molar-refractivity contribution is -0.138. The van der Waals surface area contributed by atoms with E-state index in [1.54, 1.807) is 12.3 Å². The third-order valence-corrected chi connectivity index (χ3v) is 4.70. The van der Waals surface area contributed by atoms with Crippen molar-refractivity contribution in [3.05, 3.63) is 35.9 Å². The van der Waals surface area contributed by atoms with Crippen molar-refractivity contribution < 1.29 is 22.7 Å². The predicted octanol–water partition coefficient (Wildman–Crippen LogP) is 3.65. The van der Waals surface area contributed by atoms with Gasteiger partial charge in [0, 0.05) is 42.7 Å². The van der Waals surface area contributed by atoms with Crippen LogP contribution in [0.2, 0.25) is 5.02 Å². The number of carbonyl (C=O) groups is 1. The molecule has 0 unspecified atom stereocenters. The Labute approximate surface area is 167 Å². The summed E-state index contributed by atoms with van der Waals surface area (Å²) in [6.45, 7) is -0.498. The van der Waals surface area contributed by atoms with Gasteiger partial charge in [0.25, 0.3) is 5.91 Å². The number of fused-ring (bicyclic) bond motifs is 1. The fraction of sp³-hybridized carbons (Fsp3) is 0.333. The lowest BCUT2D eigenvalue weighted by atomic mass is 10.2. The second-order valence-electron chi connectivity index (χ2n) is 6.71. The number of carbonyl (C=O) groups excluding carboxylic acids is 1. The molecule has 0 atom stereocenters. The Kier molecular flexibility index (Phi) is 4.81. The molecular weight excluding hydrogens is 411 g/mol. The summed E-state index contributed by atoms with van der Waals surface area (Å²) in [5, 5.41) is 3.48. The Balaban J connectivity index is 1.50. The van der Waals surface area contributed by atoms with E-state index in [-0.39, 0.29) is 5.88 Å². The number of hydrogen-bond acceptors (Lipinski definition) is 5. The summed E-state index contributed by atoms with van der Waals surface area (Å²) in [6.07, 6.45) is 1.46. The normalized spacial score (nSPS) is 15.3. The van der Waals surface area contributed by atoms with Gasteiger partial charge in [-0.05, 0) is 6.07 Å². The van der Waals surface area contributed by atoms with E-state index >= 15 is 0 Å². The van der Waals surface area contributed by atoms with Crippen LogP contribution in [0.1, 0.15) is 19.3 Å². The van der Waals surface area contributed by atoms with Crippen molar-refractivity contribution in [2.24, 2.45) is 0 Å². The molecule has 0 aliphatic heterocycles. The Hall–Kier alpha value is -2.88. The van der Waals surface area contributed by atoms with Crippen LogP contribution in [0.15, 0.2) is 30.9 Å². The van der Waals surface area contributed by atoms with Crippen molar-refractivity contribution in [3.63, 3.8) is 0 Å². The molecule has 1 fully saturated rings. The fourth-order valence-electron chi connectivity index (χ4n) is 2.88. The van der Waals surface area contributed by atoms with Crippen molar-refractivity contribution in [3.8, 4) is 17.1 Å². The number of aromatic amines is 1. The smallest absolute Gasteiger partial charge is 0.390 e. The minimum atomic E-state index is -4.33. The molecule has 4 rings (SSSR count). The molecule has 0 aromatic carbocycles. The second-order valence-corrected chi connectivity index (χ2v) is 7.15. The van der Waals surface area contributed by atoms with Crippen molar-refractivity contribution in [1.82, 2.24) is 25.3 Å². The zero-order chi connectivity index (χ0) is 20.6. The van der Waals surface area contributed by atoms with E-state index in [1.807, 2.05) is 0 Å². The minimum Gasteiger partial charge on any atom is -0.460 e. The number of rotatable bonds is 6. The van der Waals surface area contributed by atoms with Crippen LogP contribution < -0.4 is 10.1 Å². The first-order chi connectivity index (χ1) is 13.8. The second kappa shape index (κ2) is 7.18. The van der Waals surface area contributed by atoms with Crippen LogP contribution >= 0.6 is 11.6 Å². The number of hydrogen-bond donors (Lipinski definition) is 2. The third kappa shape index (κ3) is 4.26. The molecule has 1 aliphatic rings. The third-order valence-electron chi connectivity index (χ3n) is 4.50. The quantitative estimate of drug-likeness (QED) is 0.628. The summed E-state index contributed by atoms with van der Waals surface area (Å²) in [4.78, 5) is 28.0. The number of pyridine rings is 1. The molecule has 152 valence electrons. The summed E-state index contributed by atoms with van der Waals surface area (Å²) in [5.41, 5.74) is 0.600. The zero-order valence-corrected chi connectivity index (χ0v) is 15.6. The number of nitrogens with zero attached hydrogens (tertiary/aromatic N) is 3. The molecule has 0 bridgehead atoms. The van der Waals surface area contributed by atoms with Crippen LogP contribution in [0.4, 0.5) is 13.2 Å². The van der Waals surface area contributed by atoms with Crippen LogP contribution in [-0.2, 0) is 4.79 Å². The summed E-state index contributed by atoms with van der Waals surface area (Å²) in [7, 11) is 0. The topological polar surface area (TPSA) is 92.8 Å². The molecule has 1 aliphatic carbocycles. The maximum absolute atomic E-state index is 12.3. The highest BCUT2D eigenvalue weighted by molar-refractivity contribution is 6.31. The fourth-order valence-corrected chi connectivity index (χ4v) is 3.04. The van der Waals surface area contributed by atoms with Gasteiger partial charge in [0.05, 0.1) is 29.5 Å². The van der Waals surface area contributed by atoms with Crippen molar-refractivity contribution in [1.29, 1.82) is 0 Å². The number of halogens is 4. The molecule has 29 heavy (non-hydrogen) atoms. The number of ether oxygens (including phenoxy) is 1. The van der Waals surface area contributed by atoms with Gasteiger partial charge in [0.15, 0.2) is 5.60 Å². The van der Waals surface area contributed by atoms with E-state index in [0.29, 0.717) is 34.8 Å². The molecule has 1 saturated carbocycles. The van der Waals surface area contributed by atoms with Gasteiger partial charge in [-0.1, -0.05) is 11.6 Å². The SMILES string of the molecule is O=C(NCCC(F)(F)F)C1(Oc2cncc(-c3c[nH]c4ncc(Cl)cc34)n2)CC1. The molecule has 0 radical (unpaired) electrons. The van der Waals surface area contributed by atoms with Crippen molar-refractivity contribution >= 4 is 28.5 Å². The number of nitrogens with one attached hydrogen (secondary N) is 2. The maximum Gasteiger partial charge on any atom is 0.390 e. The molecule has 7 nitrogen and oxygen atoms in total. The van der Waals surface area contributed by atoms with Crippen LogP contribution in [0.25, 0.3) is 22.3 Å². The van der Waals surface area contributed by atoms with Gasteiger partial charge in [-0.15, -0.1) is 0 Å². The van der Waals surface area contributed by atoms with Gasteiger partial charge in [-0.25, -0.2) is 9.97 Å².